The van der Waals surface area contributed by atoms with Crippen LogP contribution in [0.15, 0.2) is 30.6 Å². The minimum atomic E-state index is 0.638. The Balaban J connectivity index is 1.54. The first-order chi connectivity index (χ1) is 10.4. The lowest BCUT2D eigenvalue weighted by molar-refractivity contribution is 0.430. The zero-order chi connectivity index (χ0) is 14.3. The second-order valence-electron chi connectivity index (χ2n) is 5.57. The average molecular weight is 279 g/mol. The lowest BCUT2D eigenvalue weighted by Crippen LogP contribution is -2.05. The number of fused-ring (bicyclic) bond motifs is 1. The zero-order valence-electron chi connectivity index (χ0n) is 12.3. The molecule has 1 aromatic heterocycles. The minimum Gasteiger partial charge on any atom is -0.369 e. The van der Waals surface area contributed by atoms with Gasteiger partial charge in [0, 0.05) is 24.3 Å². The quantitative estimate of drug-likeness (QED) is 0.681. The number of nitrogens with one attached hydrogen (secondary N) is 1. The summed E-state index contributed by atoms with van der Waals surface area (Å²) in [6, 6.07) is 8.06. The largest absolute Gasteiger partial charge is 0.369 e. The van der Waals surface area contributed by atoms with Crippen LogP contribution in [0.2, 0.25) is 0 Å². The number of hydrogen-bond acceptors (Lipinski definition) is 3. The SMILES string of the molecule is C(#CC1CCCCC1)CCNc1ncnc2ccccc12. The van der Waals surface area contributed by atoms with Gasteiger partial charge in [-0.3, -0.25) is 0 Å². The van der Waals surface area contributed by atoms with E-state index in [9.17, 15) is 0 Å². The normalized spacial score (nSPS) is 15.4. The third kappa shape index (κ3) is 3.72. The van der Waals surface area contributed by atoms with Crippen LogP contribution in [0.1, 0.15) is 38.5 Å². The maximum atomic E-state index is 4.32. The van der Waals surface area contributed by atoms with Gasteiger partial charge in [0.15, 0.2) is 0 Å². The van der Waals surface area contributed by atoms with Gasteiger partial charge in [-0.15, -0.1) is 5.92 Å². The smallest absolute Gasteiger partial charge is 0.137 e. The third-order valence-corrected chi connectivity index (χ3v) is 4.00. The van der Waals surface area contributed by atoms with Gasteiger partial charge in [-0.2, -0.15) is 0 Å². The number of nitrogens with zero attached hydrogens (tertiary/aromatic N) is 2. The molecule has 0 unspecified atom stereocenters. The fourth-order valence-corrected chi connectivity index (χ4v) is 2.85. The van der Waals surface area contributed by atoms with Crippen LogP contribution in [0.25, 0.3) is 10.9 Å². The van der Waals surface area contributed by atoms with Crippen molar-refractivity contribution >= 4 is 16.7 Å². The molecule has 1 aliphatic rings. The Morgan fingerprint density at radius 1 is 1.10 bits per heavy atom. The molecule has 0 saturated heterocycles. The van der Waals surface area contributed by atoms with E-state index in [0.717, 1.165) is 29.7 Å². The lowest BCUT2D eigenvalue weighted by Gasteiger charge is -2.15. The van der Waals surface area contributed by atoms with Crippen LogP contribution in [0.3, 0.4) is 0 Å². The molecular weight excluding hydrogens is 258 g/mol. The first kappa shape index (κ1) is 13.9. The molecule has 21 heavy (non-hydrogen) atoms. The van der Waals surface area contributed by atoms with E-state index in [1.54, 1.807) is 6.33 Å². The number of hydrogen-bond donors (Lipinski definition) is 1. The Kier molecular flexibility index (Phi) is 4.68. The molecular formula is C18H21N3. The van der Waals surface area contributed by atoms with E-state index >= 15 is 0 Å². The molecule has 0 spiro atoms. The summed E-state index contributed by atoms with van der Waals surface area (Å²) in [4.78, 5) is 8.59. The summed E-state index contributed by atoms with van der Waals surface area (Å²) in [6.45, 7) is 0.834. The number of rotatable bonds is 3. The molecule has 1 aliphatic carbocycles. The number of anilines is 1. The van der Waals surface area contributed by atoms with Gasteiger partial charge in [0.1, 0.15) is 12.1 Å². The van der Waals surface area contributed by atoms with Crippen LogP contribution in [0, 0.1) is 17.8 Å². The molecule has 2 aromatic rings. The predicted molar refractivity (Wildman–Crippen MR) is 87.0 cm³/mol. The molecule has 3 nitrogen and oxygen atoms in total. The molecule has 3 rings (SSSR count). The van der Waals surface area contributed by atoms with E-state index in [1.807, 2.05) is 24.3 Å². The van der Waals surface area contributed by atoms with Crippen molar-refractivity contribution < 1.29 is 0 Å². The summed E-state index contributed by atoms with van der Waals surface area (Å²) in [6.07, 6.45) is 9.15. The van der Waals surface area contributed by atoms with E-state index in [-0.39, 0.29) is 0 Å². The van der Waals surface area contributed by atoms with E-state index in [0.29, 0.717) is 5.92 Å². The zero-order valence-corrected chi connectivity index (χ0v) is 12.3. The van der Waals surface area contributed by atoms with Crippen molar-refractivity contribution in [2.24, 2.45) is 5.92 Å². The van der Waals surface area contributed by atoms with Crippen molar-refractivity contribution in [3.63, 3.8) is 0 Å². The van der Waals surface area contributed by atoms with Crippen molar-refractivity contribution in [3.8, 4) is 11.8 Å². The van der Waals surface area contributed by atoms with E-state index < -0.39 is 0 Å². The second-order valence-corrected chi connectivity index (χ2v) is 5.57. The molecule has 0 aliphatic heterocycles. The Morgan fingerprint density at radius 2 is 1.95 bits per heavy atom. The maximum Gasteiger partial charge on any atom is 0.137 e. The monoisotopic (exact) mass is 279 g/mol. The number of para-hydroxylation sites is 1. The van der Waals surface area contributed by atoms with Crippen LogP contribution in [-0.2, 0) is 0 Å². The average Bonchev–Trinajstić information content (AvgIpc) is 2.56. The molecule has 108 valence electrons. The highest BCUT2D eigenvalue weighted by Gasteiger charge is 2.09. The van der Waals surface area contributed by atoms with Crippen molar-refractivity contribution in [2.75, 3.05) is 11.9 Å². The molecule has 0 atom stereocenters. The fourth-order valence-electron chi connectivity index (χ4n) is 2.85. The standard InChI is InChI=1S/C18H21N3/c1-2-8-15(9-3-1)10-6-7-13-19-18-16-11-4-5-12-17(16)20-14-21-18/h4-5,11-12,14-15H,1-3,7-9,13H2,(H,19,20,21). The Hall–Kier alpha value is -2.08. The summed E-state index contributed by atoms with van der Waals surface area (Å²) in [5.74, 6) is 8.28. The minimum absolute atomic E-state index is 0.638. The molecule has 3 heteroatoms. The summed E-state index contributed by atoms with van der Waals surface area (Å²) in [7, 11) is 0. The molecule has 1 N–H and O–H groups in total. The van der Waals surface area contributed by atoms with Crippen LogP contribution in [0.4, 0.5) is 5.82 Å². The van der Waals surface area contributed by atoms with E-state index in [4.69, 9.17) is 0 Å². The predicted octanol–water partition coefficient (Wildman–Crippen LogP) is 4.02. The molecule has 1 fully saturated rings. The van der Waals surface area contributed by atoms with Gasteiger partial charge < -0.3 is 5.32 Å². The highest BCUT2D eigenvalue weighted by molar-refractivity contribution is 5.88. The van der Waals surface area contributed by atoms with Crippen molar-refractivity contribution in [2.45, 2.75) is 38.5 Å². The van der Waals surface area contributed by atoms with Gasteiger partial charge in [-0.05, 0) is 25.0 Å². The number of aromatic nitrogens is 2. The molecule has 0 bridgehead atoms. The highest BCUT2D eigenvalue weighted by Crippen LogP contribution is 2.22. The van der Waals surface area contributed by atoms with Crippen LogP contribution in [-0.4, -0.2) is 16.5 Å². The molecule has 1 aromatic carbocycles. The lowest BCUT2D eigenvalue weighted by atomic mass is 9.90. The van der Waals surface area contributed by atoms with E-state index in [2.05, 4.69) is 27.1 Å². The van der Waals surface area contributed by atoms with Crippen LogP contribution >= 0.6 is 0 Å². The van der Waals surface area contributed by atoms with Gasteiger partial charge in [-0.25, -0.2) is 9.97 Å². The first-order valence-corrected chi connectivity index (χ1v) is 7.85. The van der Waals surface area contributed by atoms with E-state index in [1.165, 1.54) is 32.1 Å². The topological polar surface area (TPSA) is 37.8 Å². The highest BCUT2D eigenvalue weighted by atomic mass is 15.0. The summed E-state index contributed by atoms with van der Waals surface area (Å²) >= 11 is 0. The Bertz CT molecular complexity index is 643. The maximum absolute atomic E-state index is 4.32. The van der Waals surface area contributed by atoms with Gasteiger partial charge in [0.05, 0.1) is 5.52 Å². The molecule has 1 saturated carbocycles. The molecule has 0 amide bonds. The number of benzene rings is 1. The molecule has 1 heterocycles. The second kappa shape index (κ2) is 7.08. The van der Waals surface area contributed by atoms with Crippen LogP contribution < -0.4 is 5.32 Å². The Morgan fingerprint density at radius 3 is 2.86 bits per heavy atom. The fraction of sp³-hybridized carbons (Fsp3) is 0.444. The van der Waals surface area contributed by atoms with Crippen molar-refractivity contribution in [3.05, 3.63) is 30.6 Å². The van der Waals surface area contributed by atoms with Gasteiger partial charge >= 0.3 is 0 Å². The Labute approximate surface area is 126 Å². The van der Waals surface area contributed by atoms with Crippen molar-refractivity contribution in [1.29, 1.82) is 0 Å². The van der Waals surface area contributed by atoms with Gasteiger partial charge in [0.2, 0.25) is 0 Å². The van der Waals surface area contributed by atoms with Crippen molar-refractivity contribution in [1.82, 2.24) is 9.97 Å². The first-order valence-electron chi connectivity index (χ1n) is 7.85. The van der Waals surface area contributed by atoms with Gasteiger partial charge in [-0.1, -0.05) is 37.3 Å². The summed E-state index contributed by atoms with van der Waals surface area (Å²) in [5, 5.41) is 4.44. The summed E-state index contributed by atoms with van der Waals surface area (Å²) < 4.78 is 0. The van der Waals surface area contributed by atoms with Gasteiger partial charge in [0.25, 0.3) is 0 Å². The molecule has 0 radical (unpaired) electrons. The van der Waals surface area contributed by atoms with Crippen LogP contribution in [0.5, 0.6) is 0 Å². The summed E-state index contributed by atoms with van der Waals surface area (Å²) in [5.41, 5.74) is 0.975. The third-order valence-electron chi connectivity index (χ3n) is 4.00.